The summed E-state index contributed by atoms with van der Waals surface area (Å²) in [5.74, 6) is 0.637. The number of aryl methyl sites for hydroxylation is 1. The second kappa shape index (κ2) is 7.95. The average molecular weight is 323 g/mol. The van der Waals surface area contributed by atoms with E-state index in [-0.39, 0.29) is 4.90 Å². The molecule has 0 aliphatic heterocycles. The molecule has 0 bridgehead atoms. The molecule has 0 aliphatic carbocycles. The van der Waals surface area contributed by atoms with Crippen molar-refractivity contribution in [3.63, 3.8) is 0 Å². The van der Waals surface area contributed by atoms with Gasteiger partial charge in [-0.15, -0.1) is 0 Å². The van der Waals surface area contributed by atoms with E-state index < -0.39 is 10.0 Å². The van der Waals surface area contributed by atoms with E-state index in [1.165, 1.54) is 0 Å². The summed E-state index contributed by atoms with van der Waals surface area (Å²) >= 11 is 0. The summed E-state index contributed by atoms with van der Waals surface area (Å²) in [7, 11) is -1.89. The van der Waals surface area contributed by atoms with Crippen molar-refractivity contribution in [2.75, 3.05) is 13.7 Å². The molecule has 22 heavy (non-hydrogen) atoms. The third kappa shape index (κ3) is 4.85. The fourth-order valence-corrected chi connectivity index (χ4v) is 3.13. The Labute approximate surface area is 131 Å². The molecule has 7 heteroatoms. The molecule has 0 aliphatic rings. The Balaban J connectivity index is 1.70. The van der Waals surface area contributed by atoms with Gasteiger partial charge < -0.3 is 9.30 Å². The first-order chi connectivity index (χ1) is 10.6. The van der Waals surface area contributed by atoms with Crippen molar-refractivity contribution in [1.29, 1.82) is 0 Å². The van der Waals surface area contributed by atoms with Crippen molar-refractivity contribution in [2.45, 2.75) is 30.7 Å². The fraction of sp³-hybridized carbons (Fsp3) is 0.400. The molecular formula is C15H21N3O3S. The van der Waals surface area contributed by atoms with Gasteiger partial charge >= 0.3 is 0 Å². The molecule has 0 atom stereocenters. The summed E-state index contributed by atoms with van der Waals surface area (Å²) in [6, 6.07) is 6.36. The number of nitrogens with one attached hydrogen (secondary N) is 1. The van der Waals surface area contributed by atoms with Gasteiger partial charge in [0.05, 0.1) is 18.3 Å². The predicted octanol–water partition coefficient (Wildman–Crippen LogP) is 2.04. The highest BCUT2D eigenvalue weighted by atomic mass is 32.2. The molecule has 0 saturated heterocycles. The first-order valence-electron chi connectivity index (χ1n) is 7.21. The zero-order valence-corrected chi connectivity index (χ0v) is 13.4. The molecule has 1 aromatic heterocycles. The van der Waals surface area contributed by atoms with E-state index in [0.29, 0.717) is 12.3 Å². The highest BCUT2D eigenvalue weighted by molar-refractivity contribution is 7.89. The van der Waals surface area contributed by atoms with Crippen LogP contribution in [0.15, 0.2) is 47.9 Å². The van der Waals surface area contributed by atoms with Gasteiger partial charge in [0, 0.05) is 25.5 Å². The summed E-state index contributed by atoms with van der Waals surface area (Å²) in [5, 5.41) is 0. The van der Waals surface area contributed by atoms with Crippen molar-refractivity contribution >= 4 is 10.0 Å². The zero-order valence-electron chi connectivity index (χ0n) is 12.6. The van der Waals surface area contributed by atoms with Gasteiger partial charge in [-0.05, 0) is 37.1 Å². The molecule has 120 valence electrons. The molecule has 0 radical (unpaired) electrons. The first kappa shape index (κ1) is 16.5. The summed E-state index contributed by atoms with van der Waals surface area (Å²) in [6.45, 7) is 1.35. The van der Waals surface area contributed by atoms with E-state index in [1.807, 2.05) is 10.8 Å². The summed E-state index contributed by atoms with van der Waals surface area (Å²) in [5.41, 5.74) is 0. The molecule has 1 aromatic carbocycles. The number of unbranched alkanes of at least 4 members (excludes halogenated alkanes) is 2. The van der Waals surface area contributed by atoms with Crippen LogP contribution in [0.3, 0.4) is 0 Å². The maximum Gasteiger partial charge on any atom is 0.240 e. The Hall–Kier alpha value is -1.86. The molecule has 1 N–H and O–H groups in total. The van der Waals surface area contributed by atoms with E-state index in [2.05, 4.69) is 9.71 Å². The van der Waals surface area contributed by atoms with Crippen LogP contribution in [-0.2, 0) is 16.6 Å². The lowest BCUT2D eigenvalue weighted by molar-refractivity contribution is 0.414. The summed E-state index contributed by atoms with van der Waals surface area (Å²) < 4.78 is 33.8. The molecule has 6 nitrogen and oxygen atoms in total. The molecule has 0 saturated carbocycles. The van der Waals surface area contributed by atoms with Crippen molar-refractivity contribution < 1.29 is 13.2 Å². The third-order valence-corrected chi connectivity index (χ3v) is 4.79. The van der Waals surface area contributed by atoms with Crippen LogP contribution in [0, 0.1) is 0 Å². The number of nitrogens with zero attached hydrogens (tertiary/aromatic N) is 2. The summed E-state index contributed by atoms with van der Waals surface area (Å²) in [4.78, 5) is 4.23. The lowest BCUT2D eigenvalue weighted by Crippen LogP contribution is -2.24. The van der Waals surface area contributed by atoms with Gasteiger partial charge in [-0.3, -0.25) is 0 Å². The number of hydrogen-bond donors (Lipinski definition) is 1. The number of benzene rings is 1. The van der Waals surface area contributed by atoms with Crippen LogP contribution in [0.1, 0.15) is 19.3 Å². The monoisotopic (exact) mass is 323 g/mol. The fourth-order valence-electron chi connectivity index (χ4n) is 2.06. The largest absolute Gasteiger partial charge is 0.497 e. The van der Waals surface area contributed by atoms with Crippen LogP contribution >= 0.6 is 0 Å². The second-order valence-electron chi connectivity index (χ2n) is 4.93. The molecular weight excluding hydrogens is 302 g/mol. The molecule has 1 heterocycles. The second-order valence-corrected chi connectivity index (χ2v) is 6.70. The number of hydrogen-bond acceptors (Lipinski definition) is 4. The highest BCUT2D eigenvalue weighted by Gasteiger charge is 2.12. The van der Waals surface area contributed by atoms with Gasteiger partial charge in [0.25, 0.3) is 0 Å². The Bertz CT molecular complexity index is 652. The van der Waals surface area contributed by atoms with Gasteiger partial charge in [-0.2, -0.15) is 0 Å². The van der Waals surface area contributed by atoms with Gasteiger partial charge in [-0.1, -0.05) is 6.42 Å². The summed E-state index contributed by atoms with van der Waals surface area (Å²) in [6.07, 6.45) is 8.23. The van der Waals surface area contributed by atoms with Gasteiger partial charge in [0.15, 0.2) is 0 Å². The van der Waals surface area contributed by atoms with Crippen molar-refractivity contribution in [3.8, 4) is 5.75 Å². The number of methoxy groups -OCH3 is 1. The quantitative estimate of drug-likeness (QED) is 0.717. The van der Waals surface area contributed by atoms with E-state index in [0.717, 1.165) is 25.8 Å². The van der Waals surface area contributed by atoms with Gasteiger partial charge in [-0.25, -0.2) is 18.1 Å². The Morgan fingerprint density at radius 3 is 2.59 bits per heavy atom. The maximum atomic E-state index is 12.1. The van der Waals surface area contributed by atoms with Crippen LogP contribution in [0.25, 0.3) is 0 Å². The lowest BCUT2D eigenvalue weighted by atomic mass is 10.2. The number of ether oxygens (including phenoxy) is 1. The average Bonchev–Trinajstić information content (AvgIpc) is 3.04. The Kier molecular flexibility index (Phi) is 5.97. The number of imidazole rings is 1. The van der Waals surface area contributed by atoms with Crippen LogP contribution in [-0.4, -0.2) is 31.6 Å². The molecule has 2 rings (SSSR count). The smallest absolute Gasteiger partial charge is 0.240 e. The topological polar surface area (TPSA) is 73.2 Å². The normalized spacial score (nSPS) is 11.5. The van der Waals surface area contributed by atoms with Gasteiger partial charge in [0.1, 0.15) is 5.75 Å². The predicted molar refractivity (Wildman–Crippen MR) is 84.3 cm³/mol. The molecule has 0 unspecified atom stereocenters. The van der Waals surface area contributed by atoms with E-state index >= 15 is 0 Å². The Morgan fingerprint density at radius 1 is 1.18 bits per heavy atom. The Morgan fingerprint density at radius 2 is 1.95 bits per heavy atom. The molecule has 0 fully saturated rings. The van der Waals surface area contributed by atoms with Crippen molar-refractivity contribution in [1.82, 2.24) is 14.3 Å². The van der Waals surface area contributed by atoms with Crippen LogP contribution in [0.2, 0.25) is 0 Å². The molecule has 0 amide bonds. The minimum atomic E-state index is -3.44. The van der Waals surface area contributed by atoms with Crippen molar-refractivity contribution in [2.24, 2.45) is 0 Å². The number of sulfonamides is 1. The number of rotatable bonds is 9. The van der Waals surface area contributed by atoms with E-state index in [9.17, 15) is 8.42 Å². The minimum Gasteiger partial charge on any atom is -0.497 e. The van der Waals surface area contributed by atoms with Crippen LogP contribution < -0.4 is 9.46 Å². The van der Waals surface area contributed by atoms with Crippen LogP contribution in [0.4, 0.5) is 0 Å². The van der Waals surface area contributed by atoms with Crippen LogP contribution in [0.5, 0.6) is 5.75 Å². The molecule has 0 spiro atoms. The molecule has 2 aromatic rings. The standard InChI is InChI=1S/C15H21N3O3S/c1-21-14-5-7-15(8-6-14)22(19,20)17-9-3-2-4-11-18-12-10-16-13-18/h5-8,10,12-13,17H,2-4,9,11H2,1H3. The van der Waals surface area contributed by atoms with Gasteiger partial charge in [0.2, 0.25) is 10.0 Å². The minimum absolute atomic E-state index is 0.256. The highest BCUT2D eigenvalue weighted by Crippen LogP contribution is 2.15. The van der Waals surface area contributed by atoms with E-state index in [1.54, 1.807) is 43.9 Å². The number of aromatic nitrogens is 2. The third-order valence-electron chi connectivity index (χ3n) is 3.31. The lowest BCUT2D eigenvalue weighted by Gasteiger charge is -2.07. The maximum absolute atomic E-state index is 12.1. The SMILES string of the molecule is COc1ccc(S(=O)(=O)NCCCCCn2ccnc2)cc1. The zero-order chi connectivity index (χ0) is 15.8. The first-order valence-corrected chi connectivity index (χ1v) is 8.69. The van der Waals surface area contributed by atoms with E-state index in [4.69, 9.17) is 4.74 Å². The van der Waals surface area contributed by atoms with Crippen molar-refractivity contribution in [3.05, 3.63) is 43.0 Å².